The third-order valence-corrected chi connectivity index (χ3v) is 9.62. The minimum atomic E-state index is 0.201. The average molecular weight is 467 g/mol. The predicted molar refractivity (Wildman–Crippen MR) is 131 cm³/mol. The smallest absolute Gasteiger partial charge is 0.320 e. The number of benzene rings is 1. The largest absolute Gasteiger partial charge is 0.486 e. The van der Waals surface area contributed by atoms with E-state index in [0.29, 0.717) is 19.2 Å². The van der Waals surface area contributed by atoms with E-state index in [-0.39, 0.29) is 5.54 Å². The first kappa shape index (κ1) is 21.2. The fourth-order valence-corrected chi connectivity index (χ4v) is 8.41. The first-order chi connectivity index (χ1) is 16.7. The second-order valence-electron chi connectivity index (χ2n) is 11.7. The van der Waals surface area contributed by atoms with Crippen LogP contribution in [0.3, 0.4) is 0 Å². The minimum absolute atomic E-state index is 0.201. The molecule has 2 saturated heterocycles. The second-order valence-corrected chi connectivity index (χ2v) is 11.7. The summed E-state index contributed by atoms with van der Waals surface area (Å²) in [6.45, 7) is 8.93. The molecule has 1 aromatic carbocycles. The van der Waals surface area contributed by atoms with E-state index in [4.69, 9.17) is 9.47 Å². The Kier molecular flexibility index (Phi) is 5.11. The molecule has 6 fully saturated rings. The van der Waals surface area contributed by atoms with Gasteiger partial charge in [0.2, 0.25) is 0 Å². The van der Waals surface area contributed by atoms with Crippen LogP contribution in [0.5, 0.6) is 11.5 Å². The van der Waals surface area contributed by atoms with Crippen LogP contribution in [0.4, 0.5) is 10.5 Å². The number of amides is 2. The van der Waals surface area contributed by atoms with E-state index < -0.39 is 0 Å². The summed E-state index contributed by atoms with van der Waals surface area (Å²) in [5, 5.41) is 0. The Balaban J connectivity index is 0.936. The molecule has 4 bridgehead atoms. The SMILES string of the molecule is O=C1N(CCN2CCN(c3cccc4c3OCCO4)CC2)CCN1C12CC3CC(CC(C3)C1)C2. The molecule has 0 unspecified atom stereocenters. The van der Waals surface area contributed by atoms with Crippen LogP contribution in [-0.2, 0) is 0 Å². The monoisotopic (exact) mass is 466 g/mol. The summed E-state index contributed by atoms with van der Waals surface area (Å²) >= 11 is 0. The van der Waals surface area contributed by atoms with E-state index in [1.807, 2.05) is 6.07 Å². The Labute approximate surface area is 202 Å². The van der Waals surface area contributed by atoms with Gasteiger partial charge in [-0.1, -0.05) is 6.07 Å². The van der Waals surface area contributed by atoms with E-state index >= 15 is 0 Å². The lowest BCUT2D eigenvalue weighted by molar-refractivity contribution is -0.0649. The summed E-state index contributed by atoms with van der Waals surface area (Å²) in [5.74, 6) is 4.42. The molecule has 7 heteroatoms. The normalized spacial score (nSPS) is 34.9. The number of hydrogen-bond acceptors (Lipinski definition) is 5. The summed E-state index contributed by atoms with van der Waals surface area (Å²) < 4.78 is 11.7. The highest BCUT2D eigenvalue weighted by Gasteiger charge is 2.56. The third-order valence-electron chi connectivity index (χ3n) is 9.62. The van der Waals surface area contributed by atoms with Crippen molar-refractivity contribution in [3.05, 3.63) is 18.2 Å². The van der Waals surface area contributed by atoms with Gasteiger partial charge in [0.15, 0.2) is 11.5 Å². The zero-order chi connectivity index (χ0) is 22.7. The quantitative estimate of drug-likeness (QED) is 0.667. The number of urea groups is 1. The average Bonchev–Trinajstić information content (AvgIpc) is 3.23. The van der Waals surface area contributed by atoms with E-state index in [9.17, 15) is 4.79 Å². The van der Waals surface area contributed by atoms with Gasteiger partial charge in [0.05, 0.1) is 5.69 Å². The van der Waals surface area contributed by atoms with Crippen LogP contribution >= 0.6 is 0 Å². The van der Waals surface area contributed by atoms with Gasteiger partial charge in [0.25, 0.3) is 0 Å². The van der Waals surface area contributed by atoms with Crippen LogP contribution in [0, 0.1) is 17.8 Å². The molecule has 8 rings (SSSR count). The predicted octanol–water partition coefficient (Wildman–Crippen LogP) is 3.29. The number of carbonyl (C=O) groups is 1. The highest BCUT2D eigenvalue weighted by molar-refractivity contribution is 5.77. The summed E-state index contributed by atoms with van der Waals surface area (Å²) in [6, 6.07) is 6.52. The Morgan fingerprint density at radius 2 is 1.53 bits per heavy atom. The molecule has 2 amide bonds. The number of carbonyl (C=O) groups excluding carboxylic acids is 1. The first-order valence-electron chi connectivity index (χ1n) is 13.6. The van der Waals surface area contributed by atoms with E-state index in [2.05, 4.69) is 31.7 Å². The van der Waals surface area contributed by atoms with Crippen LogP contribution in [0.1, 0.15) is 38.5 Å². The summed E-state index contributed by atoms with van der Waals surface area (Å²) in [5.41, 5.74) is 1.35. The number of rotatable bonds is 5. The maximum absolute atomic E-state index is 13.5. The molecule has 34 heavy (non-hydrogen) atoms. The molecule has 0 spiro atoms. The van der Waals surface area contributed by atoms with Crippen molar-refractivity contribution < 1.29 is 14.3 Å². The molecule has 0 radical (unpaired) electrons. The zero-order valence-corrected chi connectivity index (χ0v) is 20.3. The number of ether oxygens (including phenoxy) is 2. The molecule has 0 N–H and O–H groups in total. The van der Waals surface area contributed by atoms with Crippen molar-refractivity contribution in [1.29, 1.82) is 0 Å². The summed E-state index contributed by atoms with van der Waals surface area (Å²) in [6.07, 6.45) is 8.13. The van der Waals surface area contributed by atoms with Gasteiger partial charge in [-0.05, 0) is 68.4 Å². The van der Waals surface area contributed by atoms with Gasteiger partial charge >= 0.3 is 6.03 Å². The van der Waals surface area contributed by atoms with Crippen molar-refractivity contribution >= 4 is 11.7 Å². The van der Waals surface area contributed by atoms with Crippen LogP contribution in [0.15, 0.2) is 18.2 Å². The lowest BCUT2D eigenvalue weighted by Crippen LogP contribution is -2.61. The highest BCUT2D eigenvalue weighted by atomic mass is 16.6. The number of para-hydroxylation sites is 1. The molecule has 7 nitrogen and oxygen atoms in total. The van der Waals surface area contributed by atoms with Crippen LogP contribution in [0.25, 0.3) is 0 Å². The standard InChI is InChI=1S/C27H38N4O3/c32-26-30(10-11-31(26)27-17-20-14-21(18-27)16-22(15-20)19-27)9-6-28-4-7-29(8-5-28)23-2-1-3-24-25(23)34-13-12-33-24/h1-3,20-22H,4-19H2. The van der Waals surface area contributed by atoms with Gasteiger partial charge < -0.3 is 24.2 Å². The molecule has 1 aromatic rings. The van der Waals surface area contributed by atoms with Crippen LogP contribution in [-0.4, -0.2) is 91.8 Å². The third kappa shape index (κ3) is 3.53. The van der Waals surface area contributed by atoms with Crippen molar-refractivity contribution in [3.8, 4) is 11.5 Å². The molecule has 184 valence electrons. The highest BCUT2D eigenvalue weighted by Crippen LogP contribution is 2.58. The van der Waals surface area contributed by atoms with E-state index in [1.165, 1.54) is 38.5 Å². The Morgan fingerprint density at radius 3 is 2.26 bits per heavy atom. The van der Waals surface area contributed by atoms with Crippen molar-refractivity contribution in [1.82, 2.24) is 14.7 Å². The number of anilines is 1. The fraction of sp³-hybridized carbons (Fsp3) is 0.741. The number of hydrogen-bond donors (Lipinski definition) is 0. The van der Waals surface area contributed by atoms with E-state index in [1.54, 1.807) is 0 Å². The number of fused-ring (bicyclic) bond motifs is 1. The molecule has 3 aliphatic heterocycles. The molecule has 7 aliphatic rings. The zero-order valence-electron chi connectivity index (χ0n) is 20.3. The summed E-state index contributed by atoms with van der Waals surface area (Å²) in [4.78, 5) is 22.9. The Hall–Kier alpha value is -2.15. The van der Waals surface area contributed by atoms with Gasteiger partial charge in [-0.3, -0.25) is 4.90 Å². The Morgan fingerprint density at radius 1 is 0.824 bits per heavy atom. The van der Waals surface area contributed by atoms with Crippen molar-refractivity contribution in [3.63, 3.8) is 0 Å². The Bertz CT molecular complexity index is 909. The van der Waals surface area contributed by atoms with Gasteiger partial charge in [0.1, 0.15) is 13.2 Å². The molecule has 0 aromatic heterocycles. The second kappa shape index (κ2) is 8.21. The molecule has 4 saturated carbocycles. The molecular formula is C27H38N4O3. The maximum Gasteiger partial charge on any atom is 0.320 e. The van der Waals surface area contributed by atoms with E-state index in [0.717, 1.165) is 87.3 Å². The van der Waals surface area contributed by atoms with Gasteiger partial charge in [-0.2, -0.15) is 0 Å². The van der Waals surface area contributed by atoms with Crippen LogP contribution in [0.2, 0.25) is 0 Å². The van der Waals surface area contributed by atoms with Crippen molar-refractivity contribution in [2.45, 2.75) is 44.1 Å². The van der Waals surface area contributed by atoms with Gasteiger partial charge in [-0.25, -0.2) is 4.79 Å². The van der Waals surface area contributed by atoms with Crippen molar-refractivity contribution in [2.24, 2.45) is 17.8 Å². The number of piperazine rings is 1. The molecule has 0 atom stereocenters. The fourth-order valence-electron chi connectivity index (χ4n) is 8.41. The molecular weight excluding hydrogens is 428 g/mol. The topological polar surface area (TPSA) is 48.5 Å². The van der Waals surface area contributed by atoms with Gasteiger partial charge in [0, 0.05) is 57.9 Å². The lowest BCUT2D eigenvalue weighted by atomic mass is 9.52. The maximum atomic E-state index is 13.5. The van der Waals surface area contributed by atoms with Crippen LogP contribution < -0.4 is 14.4 Å². The number of nitrogens with zero attached hydrogens (tertiary/aromatic N) is 4. The minimum Gasteiger partial charge on any atom is -0.486 e. The molecule has 3 heterocycles. The lowest BCUT2D eigenvalue weighted by Gasteiger charge is -2.59. The summed E-state index contributed by atoms with van der Waals surface area (Å²) in [7, 11) is 0. The first-order valence-corrected chi connectivity index (χ1v) is 13.6. The van der Waals surface area contributed by atoms with Gasteiger partial charge in [-0.15, -0.1) is 0 Å². The van der Waals surface area contributed by atoms with Crippen molar-refractivity contribution in [2.75, 3.05) is 70.5 Å². The molecule has 4 aliphatic carbocycles.